The lowest BCUT2D eigenvalue weighted by molar-refractivity contribution is 0.00893. The normalized spacial score (nSPS) is 24.8. The lowest BCUT2D eigenvalue weighted by Gasteiger charge is -2.39. The molecule has 4 heteroatoms. The van der Waals surface area contributed by atoms with Gasteiger partial charge in [0.05, 0.1) is 0 Å². The molecule has 1 heterocycles. The molecule has 3 unspecified atom stereocenters. The van der Waals surface area contributed by atoms with Gasteiger partial charge in [-0.2, -0.15) is 0 Å². The van der Waals surface area contributed by atoms with Crippen LogP contribution in [0.25, 0.3) is 0 Å². The van der Waals surface area contributed by atoms with Crippen molar-refractivity contribution in [2.45, 2.75) is 97.4 Å². The summed E-state index contributed by atoms with van der Waals surface area (Å²) in [5, 5.41) is 3.77. The van der Waals surface area contributed by atoms with Crippen molar-refractivity contribution in [2.24, 2.45) is 0 Å². The Labute approximate surface area is 130 Å². The van der Waals surface area contributed by atoms with E-state index in [0.717, 1.165) is 19.4 Å². The minimum atomic E-state index is -0.416. The molecule has 124 valence electrons. The molecule has 0 aliphatic carbocycles. The van der Waals surface area contributed by atoms with E-state index in [2.05, 4.69) is 26.1 Å². The van der Waals surface area contributed by atoms with Crippen molar-refractivity contribution in [2.75, 3.05) is 6.54 Å². The minimum Gasteiger partial charge on any atom is -0.444 e. The Bertz CT molecular complexity index is 325. The van der Waals surface area contributed by atoms with Crippen LogP contribution >= 0.6 is 0 Å². The molecule has 0 radical (unpaired) electrons. The molecule has 1 aliphatic heterocycles. The lowest BCUT2D eigenvalue weighted by Crippen LogP contribution is -2.52. The predicted octanol–water partition coefficient (Wildman–Crippen LogP) is 3.94. The van der Waals surface area contributed by atoms with Crippen LogP contribution in [0.5, 0.6) is 0 Å². The third-order valence-corrected chi connectivity index (χ3v) is 4.11. The van der Waals surface area contributed by atoms with Gasteiger partial charge in [0.2, 0.25) is 0 Å². The van der Waals surface area contributed by atoms with Gasteiger partial charge >= 0.3 is 6.09 Å². The predicted molar refractivity (Wildman–Crippen MR) is 87.5 cm³/mol. The van der Waals surface area contributed by atoms with E-state index in [9.17, 15) is 4.79 Å². The molecular weight excluding hydrogens is 264 g/mol. The lowest BCUT2D eigenvalue weighted by atomic mass is 9.96. The fraction of sp³-hybridized carbons (Fsp3) is 0.941. The minimum absolute atomic E-state index is 0.172. The van der Waals surface area contributed by atoms with E-state index in [1.165, 1.54) is 19.3 Å². The van der Waals surface area contributed by atoms with E-state index in [-0.39, 0.29) is 12.1 Å². The van der Waals surface area contributed by atoms with Crippen LogP contribution in [0.1, 0.15) is 73.6 Å². The van der Waals surface area contributed by atoms with Gasteiger partial charge in [-0.25, -0.2) is 4.79 Å². The van der Waals surface area contributed by atoms with Gasteiger partial charge in [0.1, 0.15) is 5.60 Å². The number of hydrogen-bond donors (Lipinski definition) is 1. The van der Waals surface area contributed by atoms with Crippen LogP contribution in [0, 0.1) is 0 Å². The Kier molecular flexibility index (Phi) is 6.98. The summed E-state index contributed by atoms with van der Waals surface area (Å²) in [6, 6.07) is 1.38. The topological polar surface area (TPSA) is 41.6 Å². The summed E-state index contributed by atoms with van der Waals surface area (Å²) < 4.78 is 5.49. The Hall–Kier alpha value is -0.770. The second kappa shape index (κ2) is 8.02. The summed E-state index contributed by atoms with van der Waals surface area (Å²) in [5.74, 6) is 0. The highest BCUT2D eigenvalue weighted by Gasteiger charge is 2.32. The molecule has 0 aromatic carbocycles. The molecule has 3 atom stereocenters. The van der Waals surface area contributed by atoms with Gasteiger partial charge in [-0.3, -0.25) is 0 Å². The fourth-order valence-electron chi connectivity index (χ4n) is 3.00. The van der Waals surface area contributed by atoms with Gasteiger partial charge in [0.25, 0.3) is 0 Å². The van der Waals surface area contributed by atoms with Crippen molar-refractivity contribution in [3.63, 3.8) is 0 Å². The van der Waals surface area contributed by atoms with Crippen LogP contribution in [-0.4, -0.2) is 41.3 Å². The standard InChI is InChI=1S/C17H34N2O2/c1-7-9-14(8-2)18-15-10-11-19(13(3)12-15)16(20)21-17(4,5)6/h13-15,18H,7-12H2,1-6H3. The van der Waals surface area contributed by atoms with Gasteiger partial charge in [0, 0.05) is 24.7 Å². The molecule has 0 bridgehead atoms. The van der Waals surface area contributed by atoms with Crippen LogP contribution in [0.15, 0.2) is 0 Å². The molecule has 0 aromatic heterocycles. The molecule has 1 aliphatic rings. The average molecular weight is 298 g/mol. The Balaban J connectivity index is 2.48. The Morgan fingerprint density at radius 3 is 2.52 bits per heavy atom. The zero-order chi connectivity index (χ0) is 16.0. The van der Waals surface area contributed by atoms with Crippen LogP contribution in [0.2, 0.25) is 0 Å². The van der Waals surface area contributed by atoms with E-state index in [0.29, 0.717) is 12.1 Å². The second-order valence-electron chi connectivity index (χ2n) is 7.30. The summed E-state index contributed by atoms with van der Waals surface area (Å²) in [6.07, 6.45) is 5.49. The number of amides is 1. The highest BCUT2D eigenvalue weighted by molar-refractivity contribution is 5.68. The number of carbonyl (C=O) groups excluding carboxylic acids is 1. The third-order valence-electron chi connectivity index (χ3n) is 4.11. The number of ether oxygens (including phenoxy) is 1. The highest BCUT2D eigenvalue weighted by atomic mass is 16.6. The van der Waals surface area contributed by atoms with Crippen LogP contribution in [0.4, 0.5) is 4.79 Å². The monoisotopic (exact) mass is 298 g/mol. The van der Waals surface area contributed by atoms with Crippen LogP contribution in [0.3, 0.4) is 0 Å². The zero-order valence-electron chi connectivity index (χ0n) is 14.7. The SMILES string of the molecule is CCCC(CC)NC1CCN(C(=O)OC(C)(C)C)C(C)C1. The number of carbonyl (C=O) groups is 1. The molecule has 4 nitrogen and oxygen atoms in total. The molecule has 1 fully saturated rings. The number of nitrogens with zero attached hydrogens (tertiary/aromatic N) is 1. The van der Waals surface area contributed by atoms with Crippen LogP contribution < -0.4 is 5.32 Å². The molecule has 1 saturated heterocycles. The second-order valence-corrected chi connectivity index (χ2v) is 7.30. The van der Waals surface area contributed by atoms with Gasteiger partial charge in [-0.15, -0.1) is 0 Å². The number of nitrogens with one attached hydrogen (secondary N) is 1. The van der Waals surface area contributed by atoms with Gasteiger partial charge in [-0.05, 0) is 53.4 Å². The summed E-state index contributed by atoms with van der Waals surface area (Å²) in [7, 11) is 0. The molecule has 1 rings (SSSR count). The van der Waals surface area contributed by atoms with Crippen molar-refractivity contribution >= 4 is 6.09 Å². The Morgan fingerprint density at radius 1 is 1.38 bits per heavy atom. The van der Waals surface area contributed by atoms with Gasteiger partial charge in [0.15, 0.2) is 0 Å². The quantitative estimate of drug-likeness (QED) is 0.836. The number of piperidine rings is 1. The first-order chi connectivity index (χ1) is 9.76. The highest BCUT2D eigenvalue weighted by Crippen LogP contribution is 2.21. The Morgan fingerprint density at radius 2 is 2.05 bits per heavy atom. The fourth-order valence-corrected chi connectivity index (χ4v) is 3.00. The largest absolute Gasteiger partial charge is 0.444 e. The van der Waals surface area contributed by atoms with Crippen molar-refractivity contribution in [3.8, 4) is 0 Å². The molecule has 0 aromatic rings. The summed E-state index contributed by atoms with van der Waals surface area (Å²) in [4.78, 5) is 14.1. The van der Waals surface area contributed by atoms with E-state index in [1.54, 1.807) is 0 Å². The van der Waals surface area contributed by atoms with Gasteiger partial charge in [-0.1, -0.05) is 20.3 Å². The maximum Gasteiger partial charge on any atom is 0.410 e. The maximum absolute atomic E-state index is 12.2. The van der Waals surface area contributed by atoms with Crippen molar-refractivity contribution < 1.29 is 9.53 Å². The smallest absolute Gasteiger partial charge is 0.410 e. The third kappa shape index (κ3) is 6.25. The van der Waals surface area contributed by atoms with E-state index in [4.69, 9.17) is 4.74 Å². The molecule has 1 amide bonds. The van der Waals surface area contributed by atoms with E-state index >= 15 is 0 Å². The zero-order valence-corrected chi connectivity index (χ0v) is 14.7. The number of hydrogen-bond acceptors (Lipinski definition) is 3. The van der Waals surface area contributed by atoms with E-state index in [1.807, 2.05) is 25.7 Å². The van der Waals surface area contributed by atoms with Crippen molar-refractivity contribution in [3.05, 3.63) is 0 Å². The summed E-state index contributed by atoms with van der Waals surface area (Å²) >= 11 is 0. The molecule has 21 heavy (non-hydrogen) atoms. The molecule has 0 saturated carbocycles. The van der Waals surface area contributed by atoms with E-state index < -0.39 is 5.60 Å². The first-order valence-corrected chi connectivity index (χ1v) is 8.52. The summed E-state index contributed by atoms with van der Waals surface area (Å²) in [6.45, 7) is 13.1. The summed E-state index contributed by atoms with van der Waals surface area (Å²) in [5.41, 5.74) is -0.416. The first-order valence-electron chi connectivity index (χ1n) is 8.52. The van der Waals surface area contributed by atoms with Crippen LogP contribution in [-0.2, 0) is 4.74 Å². The number of rotatable bonds is 5. The van der Waals surface area contributed by atoms with Gasteiger partial charge < -0.3 is 15.0 Å². The van der Waals surface area contributed by atoms with Crippen molar-refractivity contribution in [1.29, 1.82) is 0 Å². The maximum atomic E-state index is 12.2. The molecule has 1 N–H and O–H groups in total. The molecular formula is C17H34N2O2. The van der Waals surface area contributed by atoms with Crippen molar-refractivity contribution in [1.82, 2.24) is 10.2 Å². The first kappa shape index (κ1) is 18.3. The molecule has 0 spiro atoms. The average Bonchev–Trinajstić information content (AvgIpc) is 2.36. The number of likely N-dealkylation sites (tertiary alicyclic amines) is 1.